The SMILES string of the molecule is CCCNc1cc(N2CCC(OCCO)CC2)ccn1. The maximum Gasteiger partial charge on any atom is 0.127 e. The molecule has 0 radical (unpaired) electrons. The zero-order valence-corrected chi connectivity index (χ0v) is 12.2. The van der Waals surface area contributed by atoms with E-state index in [1.165, 1.54) is 5.69 Å². The first-order chi connectivity index (χ1) is 9.83. The summed E-state index contributed by atoms with van der Waals surface area (Å²) in [7, 11) is 0. The van der Waals surface area contributed by atoms with Crippen molar-refractivity contribution in [3.05, 3.63) is 18.3 Å². The Labute approximate surface area is 121 Å². The Morgan fingerprint density at radius 3 is 2.95 bits per heavy atom. The zero-order valence-electron chi connectivity index (χ0n) is 12.2. The molecule has 2 rings (SSSR count). The summed E-state index contributed by atoms with van der Waals surface area (Å²) in [6.07, 6.45) is 5.28. The lowest BCUT2D eigenvalue weighted by molar-refractivity contribution is 0.0159. The molecule has 2 heterocycles. The molecule has 5 nitrogen and oxygen atoms in total. The average Bonchev–Trinajstić information content (AvgIpc) is 2.52. The van der Waals surface area contributed by atoms with Gasteiger partial charge in [-0.1, -0.05) is 6.92 Å². The minimum atomic E-state index is 0.108. The number of piperidine rings is 1. The van der Waals surface area contributed by atoms with Crippen LogP contribution < -0.4 is 10.2 Å². The van der Waals surface area contributed by atoms with E-state index in [1.807, 2.05) is 6.20 Å². The maximum atomic E-state index is 8.78. The van der Waals surface area contributed by atoms with Crippen LogP contribution in [-0.4, -0.2) is 49.0 Å². The van der Waals surface area contributed by atoms with Gasteiger partial charge in [-0.3, -0.25) is 0 Å². The van der Waals surface area contributed by atoms with Gasteiger partial charge in [0.1, 0.15) is 5.82 Å². The number of nitrogens with one attached hydrogen (secondary N) is 1. The van der Waals surface area contributed by atoms with Crippen LogP contribution in [0.15, 0.2) is 18.3 Å². The molecular formula is C15H25N3O2. The molecule has 1 fully saturated rings. The van der Waals surface area contributed by atoms with Crippen LogP contribution >= 0.6 is 0 Å². The second-order valence-electron chi connectivity index (χ2n) is 5.11. The van der Waals surface area contributed by atoms with E-state index in [0.29, 0.717) is 6.61 Å². The first-order valence-corrected chi connectivity index (χ1v) is 7.50. The Balaban J connectivity index is 1.86. The molecule has 0 saturated carbocycles. The van der Waals surface area contributed by atoms with E-state index in [-0.39, 0.29) is 12.7 Å². The lowest BCUT2D eigenvalue weighted by atomic mass is 10.1. The number of hydrogen-bond donors (Lipinski definition) is 2. The van der Waals surface area contributed by atoms with Crippen LogP contribution in [-0.2, 0) is 4.74 Å². The number of ether oxygens (including phenoxy) is 1. The average molecular weight is 279 g/mol. The third-order valence-electron chi connectivity index (χ3n) is 3.55. The van der Waals surface area contributed by atoms with Crippen molar-refractivity contribution in [2.75, 3.05) is 43.1 Å². The third-order valence-corrected chi connectivity index (χ3v) is 3.55. The monoisotopic (exact) mass is 279 g/mol. The highest BCUT2D eigenvalue weighted by Crippen LogP contribution is 2.22. The van der Waals surface area contributed by atoms with Crippen molar-refractivity contribution in [1.82, 2.24) is 4.98 Å². The van der Waals surface area contributed by atoms with Gasteiger partial charge < -0.3 is 20.1 Å². The van der Waals surface area contributed by atoms with Crippen LogP contribution in [0.3, 0.4) is 0 Å². The molecule has 1 saturated heterocycles. The van der Waals surface area contributed by atoms with Crippen LogP contribution in [0.5, 0.6) is 0 Å². The predicted molar refractivity (Wildman–Crippen MR) is 81.3 cm³/mol. The minimum Gasteiger partial charge on any atom is -0.394 e. The van der Waals surface area contributed by atoms with Crippen molar-refractivity contribution in [3.8, 4) is 0 Å². The molecule has 112 valence electrons. The summed E-state index contributed by atoms with van der Waals surface area (Å²) >= 11 is 0. The fourth-order valence-electron chi connectivity index (χ4n) is 2.47. The van der Waals surface area contributed by atoms with Crippen LogP contribution in [0.25, 0.3) is 0 Å². The van der Waals surface area contributed by atoms with Crippen molar-refractivity contribution in [2.45, 2.75) is 32.3 Å². The van der Waals surface area contributed by atoms with Gasteiger partial charge in [0.25, 0.3) is 0 Å². The van der Waals surface area contributed by atoms with Crippen molar-refractivity contribution in [2.24, 2.45) is 0 Å². The van der Waals surface area contributed by atoms with E-state index in [1.54, 1.807) is 0 Å². The maximum absolute atomic E-state index is 8.78. The minimum absolute atomic E-state index is 0.108. The predicted octanol–water partition coefficient (Wildman–Crippen LogP) is 1.88. The molecule has 0 aromatic carbocycles. The normalized spacial score (nSPS) is 16.4. The second kappa shape index (κ2) is 8.07. The summed E-state index contributed by atoms with van der Waals surface area (Å²) in [5, 5.41) is 12.1. The summed E-state index contributed by atoms with van der Waals surface area (Å²) in [5.41, 5.74) is 1.22. The standard InChI is InChI=1S/C15H25N3O2/c1-2-6-16-15-12-13(3-7-17-15)18-8-4-14(5-9-18)20-11-10-19/h3,7,12,14,19H,2,4-6,8-11H2,1H3,(H,16,17). The molecule has 0 atom stereocenters. The van der Waals surface area contributed by atoms with Gasteiger partial charge >= 0.3 is 0 Å². The molecule has 1 aliphatic rings. The van der Waals surface area contributed by atoms with E-state index in [0.717, 1.165) is 44.7 Å². The van der Waals surface area contributed by atoms with Crippen molar-refractivity contribution in [3.63, 3.8) is 0 Å². The number of rotatable bonds is 7. The number of nitrogens with zero attached hydrogens (tertiary/aromatic N) is 2. The van der Waals surface area contributed by atoms with Gasteiger partial charge in [0.05, 0.1) is 19.3 Å². The first-order valence-electron chi connectivity index (χ1n) is 7.50. The highest BCUT2D eigenvalue weighted by molar-refractivity contribution is 5.54. The number of aromatic nitrogens is 1. The van der Waals surface area contributed by atoms with E-state index in [9.17, 15) is 0 Å². The molecule has 2 N–H and O–H groups in total. The molecule has 0 amide bonds. The molecule has 1 aromatic heterocycles. The fraction of sp³-hybridized carbons (Fsp3) is 0.667. The van der Waals surface area contributed by atoms with Crippen molar-refractivity contribution in [1.29, 1.82) is 0 Å². The molecular weight excluding hydrogens is 254 g/mol. The van der Waals surface area contributed by atoms with Crippen molar-refractivity contribution >= 4 is 11.5 Å². The van der Waals surface area contributed by atoms with Crippen LogP contribution in [0.2, 0.25) is 0 Å². The Hall–Kier alpha value is -1.33. The summed E-state index contributed by atoms with van der Waals surface area (Å²) in [6.45, 7) is 5.64. The number of anilines is 2. The second-order valence-corrected chi connectivity index (χ2v) is 5.11. The zero-order chi connectivity index (χ0) is 14.2. The van der Waals surface area contributed by atoms with Gasteiger partial charge in [0, 0.05) is 37.6 Å². The highest BCUT2D eigenvalue weighted by Gasteiger charge is 2.19. The largest absolute Gasteiger partial charge is 0.394 e. The molecule has 5 heteroatoms. The van der Waals surface area contributed by atoms with Gasteiger partial charge in [0.15, 0.2) is 0 Å². The first kappa shape index (κ1) is 15.1. The molecule has 0 spiro atoms. The van der Waals surface area contributed by atoms with Gasteiger partial charge in [-0.25, -0.2) is 4.98 Å². The van der Waals surface area contributed by atoms with Crippen LogP contribution in [0.4, 0.5) is 11.5 Å². The lowest BCUT2D eigenvalue weighted by Crippen LogP contribution is -2.37. The number of pyridine rings is 1. The van der Waals surface area contributed by atoms with Gasteiger partial charge in [0.2, 0.25) is 0 Å². The summed E-state index contributed by atoms with van der Waals surface area (Å²) < 4.78 is 5.59. The Morgan fingerprint density at radius 2 is 2.25 bits per heavy atom. The van der Waals surface area contributed by atoms with E-state index < -0.39 is 0 Å². The Morgan fingerprint density at radius 1 is 1.45 bits per heavy atom. The van der Waals surface area contributed by atoms with Crippen LogP contribution in [0, 0.1) is 0 Å². The molecule has 0 bridgehead atoms. The van der Waals surface area contributed by atoms with Crippen molar-refractivity contribution < 1.29 is 9.84 Å². The molecule has 0 unspecified atom stereocenters. The number of aliphatic hydroxyl groups is 1. The third kappa shape index (κ3) is 4.35. The number of hydrogen-bond acceptors (Lipinski definition) is 5. The van der Waals surface area contributed by atoms with Gasteiger partial charge in [-0.15, -0.1) is 0 Å². The van der Waals surface area contributed by atoms with E-state index in [2.05, 4.69) is 34.3 Å². The van der Waals surface area contributed by atoms with E-state index in [4.69, 9.17) is 9.84 Å². The lowest BCUT2D eigenvalue weighted by Gasteiger charge is -2.33. The Kier molecular flexibility index (Phi) is 6.08. The molecule has 20 heavy (non-hydrogen) atoms. The summed E-state index contributed by atoms with van der Waals surface area (Å²) in [6, 6.07) is 4.18. The van der Waals surface area contributed by atoms with Gasteiger partial charge in [-0.2, -0.15) is 0 Å². The molecule has 0 aliphatic carbocycles. The summed E-state index contributed by atoms with van der Waals surface area (Å²) in [4.78, 5) is 6.71. The number of aliphatic hydroxyl groups excluding tert-OH is 1. The quantitative estimate of drug-likeness (QED) is 0.798. The molecule has 1 aliphatic heterocycles. The van der Waals surface area contributed by atoms with Crippen LogP contribution in [0.1, 0.15) is 26.2 Å². The van der Waals surface area contributed by atoms with Gasteiger partial charge in [-0.05, 0) is 25.3 Å². The Bertz CT molecular complexity index is 392. The fourth-order valence-corrected chi connectivity index (χ4v) is 2.47. The molecule has 1 aromatic rings. The topological polar surface area (TPSA) is 57.6 Å². The highest BCUT2D eigenvalue weighted by atomic mass is 16.5. The van der Waals surface area contributed by atoms with E-state index >= 15 is 0 Å². The smallest absolute Gasteiger partial charge is 0.127 e. The summed E-state index contributed by atoms with van der Waals surface area (Å²) in [5.74, 6) is 0.947.